The van der Waals surface area contributed by atoms with Gasteiger partial charge in [0.1, 0.15) is 0 Å². The van der Waals surface area contributed by atoms with E-state index in [0.29, 0.717) is 31.6 Å². The molecule has 2 unspecified atom stereocenters. The minimum atomic E-state index is -4.26. The third kappa shape index (κ3) is 4.85. The van der Waals surface area contributed by atoms with Crippen LogP contribution in [0.15, 0.2) is 24.3 Å². The zero-order valence-corrected chi connectivity index (χ0v) is 14.5. The lowest BCUT2D eigenvalue weighted by Gasteiger charge is -2.34. The first-order valence-corrected chi connectivity index (χ1v) is 8.03. The number of hydrogen-bond donors (Lipinski definition) is 0. The Bertz CT molecular complexity index is 383. The van der Waals surface area contributed by atoms with Crippen LogP contribution in [-0.2, 0) is 0 Å². The van der Waals surface area contributed by atoms with Gasteiger partial charge in [0.2, 0.25) is 0 Å². The molecule has 0 bridgehead atoms. The molecule has 0 rings (SSSR count). The van der Waals surface area contributed by atoms with E-state index in [1.54, 1.807) is 0 Å². The molecule has 4 heteroatoms. The maximum absolute atomic E-state index is 14.3. The Kier molecular flexibility index (Phi) is 7.87. The summed E-state index contributed by atoms with van der Waals surface area (Å²) in [6, 6.07) is 0. The molecule has 22 heavy (non-hydrogen) atoms. The average molecular weight is 322 g/mol. The highest BCUT2D eigenvalue weighted by Crippen LogP contribution is 2.48. The minimum absolute atomic E-state index is 0.337. The average Bonchev–Trinajstić information content (AvgIpc) is 2.42. The maximum atomic E-state index is 14.3. The molecule has 2 atom stereocenters. The van der Waals surface area contributed by atoms with Crippen LogP contribution in [0, 0.1) is 17.8 Å². The second kappa shape index (κ2) is 8.16. The number of halogens is 4. The lowest BCUT2D eigenvalue weighted by Crippen LogP contribution is -2.46. The largest absolute Gasteiger partial charge is 0.335 e. The fraction of sp³-hybridized carbons (Fsp3) is 0.778. The first-order chi connectivity index (χ1) is 9.89. The fourth-order valence-corrected chi connectivity index (χ4v) is 2.39. The third-order valence-electron chi connectivity index (χ3n) is 4.29. The van der Waals surface area contributed by atoms with Crippen LogP contribution >= 0.6 is 0 Å². The summed E-state index contributed by atoms with van der Waals surface area (Å²) < 4.78 is 57.2. The van der Waals surface area contributed by atoms with E-state index in [4.69, 9.17) is 0 Å². The SMILES string of the molecule is C=C(C(C)CCC)C(F)(F)C(F)(F)C(=C)C(C)CCC(C)C. The lowest BCUT2D eigenvalue weighted by molar-refractivity contribution is -0.168. The normalized spacial score (nSPS) is 15.7. The van der Waals surface area contributed by atoms with Crippen LogP contribution in [0.4, 0.5) is 17.6 Å². The second-order valence-corrected chi connectivity index (χ2v) is 6.76. The van der Waals surface area contributed by atoms with Gasteiger partial charge in [0.05, 0.1) is 0 Å². The first kappa shape index (κ1) is 21.2. The van der Waals surface area contributed by atoms with Gasteiger partial charge in [-0.15, -0.1) is 0 Å². The molecular formula is C18H30F4. The molecule has 0 amide bonds. The van der Waals surface area contributed by atoms with Crippen LogP contribution in [0.1, 0.15) is 60.3 Å². The van der Waals surface area contributed by atoms with Crippen LogP contribution in [0.5, 0.6) is 0 Å². The predicted octanol–water partition coefficient (Wildman–Crippen LogP) is 6.88. The molecule has 0 fully saturated rings. The minimum Gasteiger partial charge on any atom is -0.194 e. The Morgan fingerprint density at radius 3 is 1.45 bits per heavy atom. The van der Waals surface area contributed by atoms with Crippen molar-refractivity contribution in [1.29, 1.82) is 0 Å². The fourth-order valence-electron chi connectivity index (χ4n) is 2.39. The Labute approximate surface area is 132 Å². The van der Waals surface area contributed by atoms with Gasteiger partial charge >= 0.3 is 11.8 Å². The summed E-state index contributed by atoms with van der Waals surface area (Å²) in [6.45, 7) is 15.4. The summed E-state index contributed by atoms with van der Waals surface area (Å²) in [7, 11) is 0. The van der Waals surface area contributed by atoms with E-state index in [2.05, 4.69) is 13.2 Å². The van der Waals surface area contributed by atoms with Gasteiger partial charge in [-0.1, -0.05) is 60.6 Å². The predicted molar refractivity (Wildman–Crippen MR) is 85.5 cm³/mol. The monoisotopic (exact) mass is 322 g/mol. The van der Waals surface area contributed by atoms with Crippen molar-refractivity contribution in [2.24, 2.45) is 17.8 Å². The highest BCUT2D eigenvalue weighted by Gasteiger charge is 2.60. The van der Waals surface area contributed by atoms with Crippen LogP contribution in [-0.4, -0.2) is 11.8 Å². The number of alkyl halides is 4. The summed E-state index contributed by atoms with van der Waals surface area (Å²) in [6.07, 6.45) is 2.20. The van der Waals surface area contributed by atoms with Crippen molar-refractivity contribution < 1.29 is 17.6 Å². The molecule has 0 saturated heterocycles. The van der Waals surface area contributed by atoms with Crippen molar-refractivity contribution in [2.45, 2.75) is 72.1 Å². The molecule has 0 aromatic heterocycles. The Morgan fingerprint density at radius 2 is 1.14 bits per heavy atom. The quantitative estimate of drug-likeness (QED) is 0.304. The molecule has 0 nitrogen and oxygen atoms in total. The maximum Gasteiger partial charge on any atom is 0.335 e. The van der Waals surface area contributed by atoms with E-state index in [0.717, 1.165) is 0 Å². The number of allylic oxidation sites excluding steroid dienone is 2. The molecular weight excluding hydrogens is 292 g/mol. The summed E-state index contributed by atoms with van der Waals surface area (Å²) in [4.78, 5) is 0. The molecule has 130 valence electrons. The molecule has 0 radical (unpaired) electrons. The van der Waals surface area contributed by atoms with Crippen LogP contribution in [0.25, 0.3) is 0 Å². The molecule has 0 heterocycles. The van der Waals surface area contributed by atoms with E-state index in [9.17, 15) is 17.6 Å². The van der Waals surface area contributed by atoms with Crippen molar-refractivity contribution in [1.82, 2.24) is 0 Å². The molecule has 0 saturated carbocycles. The zero-order valence-electron chi connectivity index (χ0n) is 14.5. The number of hydrogen-bond acceptors (Lipinski definition) is 0. The standard InChI is InChI=1S/C18H30F4/c1-8-9-13(4)15(6)17(19,20)18(21,22)16(7)14(5)11-10-12(2)3/h12-14H,6-11H2,1-5H3. The van der Waals surface area contributed by atoms with Gasteiger partial charge in [-0.3, -0.25) is 0 Å². The Balaban J connectivity index is 5.16. The van der Waals surface area contributed by atoms with Crippen molar-refractivity contribution in [2.75, 3.05) is 0 Å². The lowest BCUT2D eigenvalue weighted by atomic mass is 9.82. The van der Waals surface area contributed by atoms with E-state index in [-0.39, 0.29) is 0 Å². The van der Waals surface area contributed by atoms with E-state index in [1.807, 2.05) is 20.8 Å². The van der Waals surface area contributed by atoms with Gasteiger partial charge < -0.3 is 0 Å². The van der Waals surface area contributed by atoms with Gasteiger partial charge in [-0.25, -0.2) is 0 Å². The summed E-state index contributed by atoms with van der Waals surface area (Å²) in [5, 5.41) is 0. The smallest absolute Gasteiger partial charge is 0.194 e. The van der Waals surface area contributed by atoms with Gasteiger partial charge in [0.15, 0.2) is 0 Å². The summed E-state index contributed by atoms with van der Waals surface area (Å²) >= 11 is 0. The van der Waals surface area contributed by atoms with Gasteiger partial charge in [-0.2, -0.15) is 17.6 Å². The van der Waals surface area contributed by atoms with Gasteiger partial charge in [-0.05, 0) is 30.6 Å². The van der Waals surface area contributed by atoms with Crippen LogP contribution in [0.2, 0.25) is 0 Å². The molecule has 0 N–H and O–H groups in total. The topological polar surface area (TPSA) is 0 Å². The molecule has 0 aliphatic carbocycles. The van der Waals surface area contributed by atoms with Crippen LogP contribution < -0.4 is 0 Å². The van der Waals surface area contributed by atoms with Crippen molar-refractivity contribution >= 4 is 0 Å². The van der Waals surface area contributed by atoms with Crippen LogP contribution in [0.3, 0.4) is 0 Å². The van der Waals surface area contributed by atoms with E-state index < -0.39 is 34.8 Å². The van der Waals surface area contributed by atoms with E-state index in [1.165, 1.54) is 13.8 Å². The Hall–Kier alpha value is -0.800. The Morgan fingerprint density at radius 1 is 0.773 bits per heavy atom. The first-order valence-electron chi connectivity index (χ1n) is 8.03. The van der Waals surface area contributed by atoms with Crippen molar-refractivity contribution in [3.05, 3.63) is 24.3 Å². The summed E-state index contributed by atoms with van der Waals surface area (Å²) in [5.41, 5.74) is -1.39. The molecule has 0 aromatic carbocycles. The molecule has 0 aliphatic heterocycles. The van der Waals surface area contributed by atoms with E-state index >= 15 is 0 Å². The highest BCUT2D eigenvalue weighted by molar-refractivity contribution is 5.26. The molecule has 0 aliphatic rings. The van der Waals surface area contributed by atoms with Crippen molar-refractivity contribution in [3.63, 3.8) is 0 Å². The molecule has 0 aromatic rings. The second-order valence-electron chi connectivity index (χ2n) is 6.76. The zero-order chi connectivity index (χ0) is 17.7. The van der Waals surface area contributed by atoms with Crippen molar-refractivity contribution in [3.8, 4) is 0 Å². The third-order valence-corrected chi connectivity index (χ3v) is 4.29. The highest BCUT2D eigenvalue weighted by atomic mass is 19.3. The van der Waals surface area contributed by atoms with Gasteiger partial charge in [0.25, 0.3) is 0 Å². The molecule has 0 spiro atoms. The van der Waals surface area contributed by atoms with Gasteiger partial charge in [0, 0.05) is 11.1 Å². The summed E-state index contributed by atoms with van der Waals surface area (Å²) in [5.74, 6) is -9.49. The number of rotatable bonds is 10.